The van der Waals surface area contributed by atoms with Gasteiger partial charge in [-0.25, -0.2) is 0 Å². The van der Waals surface area contributed by atoms with E-state index in [-0.39, 0.29) is 0 Å². The van der Waals surface area contributed by atoms with Crippen molar-refractivity contribution in [2.45, 2.75) is 11.3 Å². The van der Waals surface area contributed by atoms with Crippen LogP contribution >= 0.6 is 0 Å². The zero-order chi connectivity index (χ0) is 12.7. The molecular weight excluding hydrogens is 238 g/mol. The third kappa shape index (κ3) is 1.71. The number of hydrogen-bond donors (Lipinski definition) is 1. The summed E-state index contributed by atoms with van der Waals surface area (Å²) in [4.78, 5) is 0.0403. The smallest absolute Gasteiger partial charge is 0.284 e. The Morgan fingerprint density at radius 1 is 1.29 bits per heavy atom. The maximum absolute atomic E-state index is 11.8. The lowest BCUT2D eigenvalue weighted by Crippen LogP contribution is -2.52. The molecule has 2 aliphatic rings. The Labute approximate surface area is 101 Å². The average molecular weight is 253 g/mol. The van der Waals surface area contributed by atoms with Gasteiger partial charge in [0.05, 0.1) is 0 Å². The minimum Gasteiger partial charge on any atom is -0.284 e. The van der Waals surface area contributed by atoms with Crippen molar-refractivity contribution in [3.05, 3.63) is 47.6 Å². The summed E-state index contributed by atoms with van der Waals surface area (Å²) in [5, 5.41) is 0. The van der Waals surface area contributed by atoms with Crippen molar-refractivity contribution in [3.63, 3.8) is 0 Å². The molecule has 1 atom stereocenters. The quantitative estimate of drug-likeness (QED) is 0.758. The van der Waals surface area contributed by atoms with Crippen LogP contribution in [0.3, 0.4) is 0 Å². The lowest BCUT2D eigenvalue weighted by molar-refractivity contribution is 0.303. The van der Waals surface area contributed by atoms with Crippen LogP contribution in [0.4, 0.5) is 0 Å². The summed E-state index contributed by atoms with van der Waals surface area (Å²) in [5.74, 6) is 0. The molecule has 0 radical (unpaired) electrons. The third-order valence-corrected chi connectivity index (χ3v) is 4.65. The van der Waals surface area contributed by atoms with E-state index in [0.717, 1.165) is 5.57 Å². The Balaban J connectivity index is 2.70. The van der Waals surface area contributed by atoms with E-state index in [1.54, 1.807) is 26.2 Å². The topological polar surface area (TPSA) is 57.6 Å². The molecule has 5 heteroatoms. The van der Waals surface area contributed by atoms with Gasteiger partial charge in [0.2, 0.25) is 0 Å². The van der Waals surface area contributed by atoms with Gasteiger partial charge in [-0.15, -0.1) is 0 Å². The van der Waals surface area contributed by atoms with Crippen molar-refractivity contribution in [3.8, 4) is 0 Å². The van der Waals surface area contributed by atoms with Crippen LogP contribution in [-0.2, 0) is 10.1 Å². The zero-order valence-electron chi connectivity index (χ0n) is 9.79. The van der Waals surface area contributed by atoms with Crippen LogP contribution in [0, 0.1) is 0 Å². The van der Waals surface area contributed by atoms with Crippen molar-refractivity contribution in [1.82, 2.24) is 4.90 Å². The van der Waals surface area contributed by atoms with Crippen LogP contribution in [0.15, 0.2) is 47.6 Å². The number of likely N-dealkylation sites (N-methyl/N-ethyl adjacent to an activating group) is 1. The second-order valence-corrected chi connectivity index (χ2v) is 5.90. The van der Waals surface area contributed by atoms with E-state index in [1.807, 2.05) is 18.2 Å². The summed E-state index contributed by atoms with van der Waals surface area (Å²) < 4.78 is 33.1. The second-order valence-electron chi connectivity index (χ2n) is 4.33. The van der Waals surface area contributed by atoms with Gasteiger partial charge in [-0.2, -0.15) is 8.42 Å². The van der Waals surface area contributed by atoms with Crippen molar-refractivity contribution in [2.75, 3.05) is 14.1 Å². The van der Waals surface area contributed by atoms with Gasteiger partial charge < -0.3 is 0 Å². The average Bonchev–Trinajstić information content (AvgIpc) is 2.26. The minimum atomic E-state index is -4.26. The molecule has 0 bridgehead atoms. The van der Waals surface area contributed by atoms with Gasteiger partial charge in [0.25, 0.3) is 10.1 Å². The monoisotopic (exact) mass is 253 g/mol. The highest BCUT2D eigenvalue weighted by atomic mass is 32.2. The Kier molecular flexibility index (Phi) is 2.85. The van der Waals surface area contributed by atoms with Crippen molar-refractivity contribution >= 4 is 10.1 Å². The minimum absolute atomic E-state index is 0.620. The Hall–Kier alpha value is -1.17. The third-order valence-electron chi connectivity index (χ3n) is 3.15. The largest absolute Gasteiger partial charge is 0.292 e. The Morgan fingerprint density at radius 3 is 2.59 bits per heavy atom. The predicted octanol–water partition coefficient (Wildman–Crippen LogP) is 1.51. The molecule has 0 fully saturated rings. The first-order valence-electron chi connectivity index (χ1n) is 5.30. The zero-order valence-corrected chi connectivity index (χ0v) is 10.6. The second kappa shape index (κ2) is 3.94. The molecular formula is C12H15NO3S. The number of rotatable bonds is 2. The van der Waals surface area contributed by atoms with Gasteiger partial charge >= 0.3 is 0 Å². The first kappa shape index (κ1) is 12.3. The van der Waals surface area contributed by atoms with Crippen LogP contribution in [0.1, 0.15) is 6.42 Å². The van der Waals surface area contributed by atoms with Crippen LogP contribution < -0.4 is 0 Å². The van der Waals surface area contributed by atoms with Gasteiger partial charge in [-0.1, -0.05) is 30.4 Å². The first-order chi connectivity index (χ1) is 7.89. The summed E-state index contributed by atoms with van der Waals surface area (Å²) in [5.41, 5.74) is 1.54. The lowest BCUT2D eigenvalue weighted by Gasteiger charge is -2.39. The van der Waals surface area contributed by atoms with E-state index in [2.05, 4.69) is 0 Å². The van der Waals surface area contributed by atoms with Crippen molar-refractivity contribution in [1.29, 1.82) is 0 Å². The maximum Gasteiger partial charge on any atom is 0.292 e. The first-order valence-corrected chi connectivity index (χ1v) is 6.74. The molecule has 1 unspecified atom stereocenters. The normalized spacial score (nSPS) is 27.8. The maximum atomic E-state index is 11.8. The summed E-state index contributed by atoms with van der Waals surface area (Å²) in [7, 11) is -0.983. The van der Waals surface area contributed by atoms with Crippen LogP contribution in [-0.4, -0.2) is 36.8 Å². The molecule has 0 aromatic heterocycles. The molecule has 0 aromatic rings. The van der Waals surface area contributed by atoms with E-state index in [9.17, 15) is 13.0 Å². The molecule has 0 saturated carbocycles. The molecule has 0 amide bonds. The van der Waals surface area contributed by atoms with Gasteiger partial charge in [-0.3, -0.25) is 9.45 Å². The highest BCUT2D eigenvalue weighted by molar-refractivity contribution is 7.87. The summed E-state index contributed by atoms with van der Waals surface area (Å²) >= 11 is 0. The molecule has 2 rings (SSSR count). The number of allylic oxidation sites excluding steroid dienone is 5. The van der Waals surface area contributed by atoms with E-state index >= 15 is 0 Å². The molecule has 0 saturated heterocycles. The van der Waals surface area contributed by atoms with Gasteiger partial charge in [0, 0.05) is 0 Å². The summed E-state index contributed by atoms with van der Waals surface area (Å²) in [6, 6.07) is 0. The van der Waals surface area contributed by atoms with E-state index in [4.69, 9.17) is 0 Å². The summed E-state index contributed by atoms with van der Waals surface area (Å²) in [6.45, 7) is 0. The highest BCUT2D eigenvalue weighted by Crippen LogP contribution is 2.40. The highest BCUT2D eigenvalue weighted by Gasteiger charge is 2.48. The SMILES string of the molecule is CN(C)C1(S(=O)(=O)O)C=CC=C2CC=CC=C21. The van der Waals surface area contributed by atoms with E-state index in [1.165, 1.54) is 11.0 Å². The number of nitrogens with zero attached hydrogens (tertiary/aromatic N) is 1. The molecule has 2 aliphatic carbocycles. The lowest BCUT2D eigenvalue weighted by atomic mass is 9.87. The van der Waals surface area contributed by atoms with Crippen LogP contribution in [0.5, 0.6) is 0 Å². The number of fused-ring (bicyclic) bond motifs is 1. The molecule has 4 nitrogen and oxygen atoms in total. The van der Waals surface area contributed by atoms with E-state index < -0.39 is 15.0 Å². The van der Waals surface area contributed by atoms with Gasteiger partial charge in [-0.05, 0) is 37.7 Å². The molecule has 0 aliphatic heterocycles. The Morgan fingerprint density at radius 2 is 2.00 bits per heavy atom. The fourth-order valence-electron chi connectivity index (χ4n) is 2.31. The molecule has 17 heavy (non-hydrogen) atoms. The molecule has 0 aromatic carbocycles. The van der Waals surface area contributed by atoms with Gasteiger partial charge in [0.15, 0.2) is 4.87 Å². The van der Waals surface area contributed by atoms with Crippen molar-refractivity contribution in [2.24, 2.45) is 0 Å². The van der Waals surface area contributed by atoms with Crippen molar-refractivity contribution < 1.29 is 13.0 Å². The standard InChI is InChI=1S/C12H15NO3S/c1-13(2)12(17(14,15)16)9-5-7-10-6-3-4-8-11(10)12/h3-5,7-9H,6H2,1-2H3,(H,14,15,16). The van der Waals surface area contributed by atoms with Crippen LogP contribution in [0.2, 0.25) is 0 Å². The molecule has 1 N–H and O–H groups in total. The molecule has 0 heterocycles. The molecule has 0 spiro atoms. The van der Waals surface area contributed by atoms with E-state index in [0.29, 0.717) is 12.0 Å². The summed E-state index contributed by atoms with van der Waals surface area (Å²) in [6.07, 6.45) is 11.3. The van der Waals surface area contributed by atoms with Crippen LogP contribution in [0.25, 0.3) is 0 Å². The Bertz CT molecular complexity index is 552. The van der Waals surface area contributed by atoms with Gasteiger partial charge in [0.1, 0.15) is 0 Å². The fraction of sp³-hybridized carbons (Fsp3) is 0.333. The predicted molar refractivity (Wildman–Crippen MR) is 67.0 cm³/mol. The fourth-order valence-corrected chi connectivity index (χ4v) is 3.50. The molecule has 92 valence electrons. The number of hydrogen-bond acceptors (Lipinski definition) is 3.